The van der Waals surface area contributed by atoms with Crippen molar-refractivity contribution in [1.29, 1.82) is 0 Å². The summed E-state index contributed by atoms with van der Waals surface area (Å²) in [6.45, 7) is 3.91. The first-order chi connectivity index (χ1) is 15.8. The smallest absolute Gasteiger partial charge is 0.243 e. The Hall–Kier alpha value is -3.61. The second kappa shape index (κ2) is 11.3. The summed E-state index contributed by atoms with van der Waals surface area (Å²) in [5.74, 6) is -1.05. The molecule has 0 aliphatic rings. The molecule has 5 N–H and O–H groups in total. The predicted molar refractivity (Wildman–Crippen MR) is 129 cm³/mol. The van der Waals surface area contributed by atoms with Crippen LogP contribution in [0.2, 0.25) is 0 Å². The summed E-state index contributed by atoms with van der Waals surface area (Å²) < 4.78 is 0. The standard InChI is InChI=1S/C26H32N4O3/c1-17(2)14-22(25(27)32)30-26(33)23(15-19-16-28-21-11-7-6-10-20(19)21)29-24(31)13-12-18-8-4-3-5-9-18/h3-11,16-17,22-23,28H,12-15H2,1-2H3,(H2,27,32)(H,29,31)(H,30,33)/t22-,23-/m0/s1. The van der Waals surface area contributed by atoms with Crippen LogP contribution in [0.4, 0.5) is 0 Å². The summed E-state index contributed by atoms with van der Waals surface area (Å²) in [6.07, 6.45) is 3.40. The van der Waals surface area contributed by atoms with E-state index in [1.807, 2.05) is 74.6 Å². The molecular formula is C26H32N4O3. The van der Waals surface area contributed by atoms with Crippen LogP contribution in [0.1, 0.15) is 37.8 Å². The third-order valence-corrected chi connectivity index (χ3v) is 5.60. The Morgan fingerprint density at radius 3 is 2.33 bits per heavy atom. The number of aryl methyl sites for hydroxylation is 1. The highest BCUT2D eigenvalue weighted by molar-refractivity contribution is 5.92. The molecular weight excluding hydrogens is 416 g/mol. The molecule has 0 fully saturated rings. The predicted octanol–water partition coefficient (Wildman–Crippen LogP) is 2.84. The quantitative estimate of drug-likeness (QED) is 0.361. The Morgan fingerprint density at radius 1 is 0.939 bits per heavy atom. The van der Waals surface area contributed by atoms with Crippen LogP contribution < -0.4 is 16.4 Å². The number of aromatic nitrogens is 1. The van der Waals surface area contributed by atoms with E-state index in [1.165, 1.54) is 0 Å². The Bertz CT molecular complexity index is 1090. The van der Waals surface area contributed by atoms with Gasteiger partial charge in [-0.2, -0.15) is 0 Å². The SMILES string of the molecule is CC(C)C[C@H](NC(=O)[C@H](Cc1c[nH]c2ccccc12)NC(=O)CCc1ccccc1)C(N)=O. The number of H-pyrrole nitrogens is 1. The van der Waals surface area contributed by atoms with Crippen molar-refractivity contribution in [2.45, 2.75) is 51.6 Å². The normalized spacial score (nSPS) is 12.9. The first-order valence-corrected chi connectivity index (χ1v) is 11.3. The van der Waals surface area contributed by atoms with Crippen LogP contribution >= 0.6 is 0 Å². The molecule has 0 saturated carbocycles. The van der Waals surface area contributed by atoms with Gasteiger partial charge in [-0.1, -0.05) is 62.4 Å². The van der Waals surface area contributed by atoms with E-state index in [4.69, 9.17) is 5.73 Å². The monoisotopic (exact) mass is 448 g/mol. The average Bonchev–Trinajstić information content (AvgIpc) is 3.20. The van der Waals surface area contributed by atoms with Gasteiger partial charge in [-0.05, 0) is 36.0 Å². The van der Waals surface area contributed by atoms with Crippen LogP contribution in [0.3, 0.4) is 0 Å². The fourth-order valence-corrected chi connectivity index (χ4v) is 3.89. The molecule has 174 valence electrons. The van der Waals surface area contributed by atoms with Crippen molar-refractivity contribution >= 4 is 28.6 Å². The van der Waals surface area contributed by atoms with Crippen molar-refractivity contribution < 1.29 is 14.4 Å². The van der Waals surface area contributed by atoms with Gasteiger partial charge < -0.3 is 21.4 Å². The minimum Gasteiger partial charge on any atom is -0.368 e. The fraction of sp³-hybridized carbons (Fsp3) is 0.346. The molecule has 0 saturated heterocycles. The molecule has 0 bridgehead atoms. The number of para-hydroxylation sites is 1. The molecule has 0 unspecified atom stereocenters. The summed E-state index contributed by atoms with van der Waals surface area (Å²) in [7, 11) is 0. The molecule has 1 aromatic heterocycles. The van der Waals surface area contributed by atoms with E-state index in [-0.39, 0.29) is 18.2 Å². The van der Waals surface area contributed by atoms with E-state index in [2.05, 4.69) is 15.6 Å². The number of aromatic amines is 1. The van der Waals surface area contributed by atoms with Gasteiger partial charge in [0.2, 0.25) is 17.7 Å². The number of carbonyl (C=O) groups is 3. The van der Waals surface area contributed by atoms with Crippen molar-refractivity contribution in [2.75, 3.05) is 0 Å². The van der Waals surface area contributed by atoms with Gasteiger partial charge in [0.15, 0.2) is 0 Å². The largest absolute Gasteiger partial charge is 0.368 e. The van der Waals surface area contributed by atoms with Gasteiger partial charge in [-0.15, -0.1) is 0 Å². The van der Waals surface area contributed by atoms with Gasteiger partial charge in [0.25, 0.3) is 0 Å². The van der Waals surface area contributed by atoms with Crippen molar-refractivity contribution in [3.63, 3.8) is 0 Å². The lowest BCUT2D eigenvalue weighted by Crippen LogP contribution is -2.54. The van der Waals surface area contributed by atoms with Crippen LogP contribution in [0.5, 0.6) is 0 Å². The summed E-state index contributed by atoms with van der Waals surface area (Å²) >= 11 is 0. The van der Waals surface area contributed by atoms with E-state index in [9.17, 15) is 14.4 Å². The van der Waals surface area contributed by atoms with Crippen LogP contribution in [-0.2, 0) is 27.2 Å². The zero-order valence-electron chi connectivity index (χ0n) is 19.1. The number of nitrogens with one attached hydrogen (secondary N) is 3. The van der Waals surface area contributed by atoms with Crippen LogP contribution in [-0.4, -0.2) is 34.8 Å². The number of benzene rings is 2. The van der Waals surface area contributed by atoms with Gasteiger partial charge in [-0.3, -0.25) is 14.4 Å². The Balaban J connectivity index is 1.75. The number of amides is 3. The number of rotatable bonds is 11. The van der Waals surface area contributed by atoms with Crippen LogP contribution in [0.25, 0.3) is 10.9 Å². The second-order valence-corrected chi connectivity index (χ2v) is 8.76. The molecule has 7 heteroatoms. The molecule has 33 heavy (non-hydrogen) atoms. The topological polar surface area (TPSA) is 117 Å². The van der Waals surface area contributed by atoms with Crippen LogP contribution in [0, 0.1) is 5.92 Å². The van der Waals surface area contributed by atoms with Gasteiger partial charge in [0.05, 0.1) is 0 Å². The highest BCUT2D eigenvalue weighted by Gasteiger charge is 2.27. The molecule has 2 atom stereocenters. The number of hydrogen-bond donors (Lipinski definition) is 4. The van der Waals surface area contributed by atoms with E-state index < -0.39 is 23.9 Å². The maximum Gasteiger partial charge on any atom is 0.243 e. The molecule has 0 radical (unpaired) electrons. The molecule has 0 aliphatic heterocycles. The molecule has 3 amide bonds. The van der Waals surface area contributed by atoms with Crippen molar-refractivity contribution in [3.8, 4) is 0 Å². The molecule has 1 heterocycles. The van der Waals surface area contributed by atoms with Gasteiger partial charge in [0.1, 0.15) is 12.1 Å². The highest BCUT2D eigenvalue weighted by Crippen LogP contribution is 2.19. The minimum absolute atomic E-state index is 0.176. The van der Waals surface area contributed by atoms with E-state index >= 15 is 0 Å². The zero-order chi connectivity index (χ0) is 23.8. The summed E-state index contributed by atoms with van der Waals surface area (Å²) in [6, 6.07) is 15.9. The highest BCUT2D eigenvalue weighted by atomic mass is 16.2. The Morgan fingerprint density at radius 2 is 1.64 bits per heavy atom. The Labute approximate surface area is 194 Å². The number of carbonyl (C=O) groups excluding carboxylic acids is 3. The minimum atomic E-state index is -0.832. The van der Waals surface area contributed by atoms with Gasteiger partial charge in [0, 0.05) is 29.9 Å². The average molecular weight is 449 g/mol. The van der Waals surface area contributed by atoms with Crippen molar-refractivity contribution in [3.05, 3.63) is 71.9 Å². The van der Waals surface area contributed by atoms with Crippen molar-refractivity contribution in [2.24, 2.45) is 11.7 Å². The van der Waals surface area contributed by atoms with Gasteiger partial charge in [-0.25, -0.2) is 0 Å². The summed E-state index contributed by atoms with van der Waals surface area (Å²) in [4.78, 5) is 41.0. The molecule has 0 spiro atoms. The lowest BCUT2D eigenvalue weighted by atomic mass is 10.0. The molecule has 2 aromatic carbocycles. The molecule has 0 aliphatic carbocycles. The van der Waals surface area contributed by atoms with Crippen LogP contribution in [0.15, 0.2) is 60.8 Å². The number of hydrogen-bond acceptors (Lipinski definition) is 3. The first kappa shape index (κ1) is 24.0. The van der Waals surface area contributed by atoms with Crippen molar-refractivity contribution in [1.82, 2.24) is 15.6 Å². The summed E-state index contributed by atoms with van der Waals surface area (Å²) in [5.41, 5.74) is 8.43. The molecule has 3 rings (SSSR count). The first-order valence-electron chi connectivity index (χ1n) is 11.3. The molecule has 7 nitrogen and oxygen atoms in total. The maximum absolute atomic E-state index is 13.2. The second-order valence-electron chi connectivity index (χ2n) is 8.76. The number of primary amides is 1. The maximum atomic E-state index is 13.2. The Kier molecular flexibility index (Phi) is 8.24. The molecule has 3 aromatic rings. The third kappa shape index (κ3) is 6.94. The van der Waals surface area contributed by atoms with E-state index in [0.29, 0.717) is 19.3 Å². The van der Waals surface area contributed by atoms with E-state index in [1.54, 1.807) is 0 Å². The van der Waals surface area contributed by atoms with E-state index in [0.717, 1.165) is 22.0 Å². The lowest BCUT2D eigenvalue weighted by Gasteiger charge is -2.23. The zero-order valence-corrected chi connectivity index (χ0v) is 19.1. The fourth-order valence-electron chi connectivity index (χ4n) is 3.89. The number of nitrogens with two attached hydrogens (primary N) is 1. The third-order valence-electron chi connectivity index (χ3n) is 5.60. The summed E-state index contributed by atoms with van der Waals surface area (Å²) in [5, 5.41) is 6.61. The van der Waals surface area contributed by atoms with Gasteiger partial charge >= 0.3 is 0 Å². The number of fused-ring (bicyclic) bond motifs is 1. The lowest BCUT2D eigenvalue weighted by molar-refractivity contribution is -0.131.